The number of hydrogen-bond acceptors (Lipinski definition) is 2. The van der Waals surface area contributed by atoms with Crippen LogP contribution in [-0.4, -0.2) is 19.1 Å². The van der Waals surface area contributed by atoms with Gasteiger partial charge >= 0.3 is 0 Å². The Labute approximate surface area is 77.4 Å². The minimum absolute atomic E-state index is 0.146. The summed E-state index contributed by atoms with van der Waals surface area (Å²) in [5, 5.41) is 2.82. The molecule has 0 spiro atoms. The summed E-state index contributed by atoms with van der Waals surface area (Å²) < 4.78 is 0. The molecule has 0 radical (unpaired) electrons. The number of carbonyl (C=O) groups is 1. The van der Waals surface area contributed by atoms with Crippen LogP contribution >= 0.6 is 0 Å². The van der Waals surface area contributed by atoms with E-state index in [9.17, 15) is 4.79 Å². The van der Waals surface area contributed by atoms with Crippen molar-refractivity contribution in [1.29, 1.82) is 0 Å². The van der Waals surface area contributed by atoms with E-state index in [1.807, 2.05) is 18.2 Å². The Morgan fingerprint density at radius 1 is 1.23 bits per heavy atom. The number of hydrogen-bond donors (Lipinski definition) is 1. The van der Waals surface area contributed by atoms with Crippen LogP contribution in [0.3, 0.4) is 0 Å². The molecule has 1 heterocycles. The fourth-order valence-corrected chi connectivity index (χ4v) is 1.45. The fourth-order valence-electron chi connectivity index (χ4n) is 1.45. The number of para-hydroxylation sites is 1. The molecule has 1 N–H and O–H groups in total. The molecule has 1 saturated heterocycles. The van der Waals surface area contributed by atoms with E-state index < -0.39 is 0 Å². The molecule has 1 aromatic rings. The third-order valence-electron chi connectivity index (χ3n) is 2.20. The topological polar surface area (TPSA) is 32.3 Å². The van der Waals surface area contributed by atoms with E-state index in [1.165, 1.54) is 5.69 Å². The van der Waals surface area contributed by atoms with Crippen molar-refractivity contribution >= 4 is 11.6 Å². The summed E-state index contributed by atoms with van der Waals surface area (Å²) in [5.74, 6) is 0.146. The minimum Gasteiger partial charge on any atom is -0.353 e. The average Bonchev–Trinajstić information content (AvgIpc) is 2.20. The van der Waals surface area contributed by atoms with Crippen molar-refractivity contribution < 1.29 is 4.79 Å². The largest absolute Gasteiger partial charge is 0.353 e. The molecule has 2 rings (SSSR count). The number of nitrogens with zero attached hydrogens (tertiary/aromatic N) is 1. The molecule has 1 aliphatic rings. The number of carbonyl (C=O) groups excluding carboxylic acids is 1. The summed E-state index contributed by atoms with van der Waals surface area (Å²) in [6.45, 7) is 1.44. The van der Waals surface area contributed by atoms with Gasteiger partial charge in [-0.05, 0) is 12.1 Å². The van der Waals surface area contributed by atoms with Crippen LogP contribution in [-0.2, 0) is 4.79 Å². The molecular formula is C10H12N2O. The van der Waals surface area contributed by atoms with Gasteiger partial charge in [0.25, 0.3) is 0 Å². The van der Waals surface area contributed by atoms with Crippen molar-refractivity contribution in [1.82, 2.24) is 5.32 Å². The highest BCUT2D eigenvalue weighted by Crippen LogP contribution is 2.13. The lowest BCUT2D eigenvalue weighted by Crippen LogP contribution is -2.45. The van der Waals surface area contributed by atoms with Gasteiger partial charge in [0.15, 0.2) is 0 Å². The number of nitrogens with one attached hydrogen (secondary N) is 1. The van der Waals surface area contributed by atoms with E-state index in [4.69, 9.17) is 0 Å². The normalized spacial score (nSPS) is 16.9. The highest BCUT2D eigenvalue weighted by atomic mass is 16.1. The monoisotopic (exact) mass is 176 g/mol. The summed E-state index contributed by atoms with van der Waals surface area (Å²) >= 11 is 0. The molecule has 68 valence electrons. The van der Waals surface area contributed by atoms with Gasteiger partial charge in [-0.15, -0.1) is 0 Å². The third-order valence-corrected chi connectivity index (χ3v) is 2.20. The van der Waals surface area contributed by atoms with Gasteiger partial charge in [-0.1, -0.05) is 18.2 Å². The maximum Gasteiger partial charge on any atom is 0.223 e. The molecule has 0 aromatic heterocycles. The summed E-state index contributed by atoms with van der Waals surface area (Å²) in [4.78, 5) is 13.1. The van der Waals surface area contributed by atoms with Gasteiger partial charge in [0, 0.05) is 18.7 Å². The SMILES string of the molecule is O=C1CCN(c2ccccc2)CN1. The molecule has 13 heavy (non-hydrogen) atoms. The molecule has 3 nitrogen and oxygen atoms in total. The summed E-state index contributed by atoms with van der Waals surface area (Å²) in [5.41, 5.74) is 1.17. The van der Waals surface area contributed by atoms with Gasteiger partial charge in [0.05, 0.1) is 6.67 Å². The zero-order chi connectivity index (χ0) is 9.10. The van der Waals surface area contributed by atoms with Crippen molar-refractivity contribution in [2.75, 3.05) is 18.1 Å². The second kappa shape index (κ2) is 3.47. The first-order chi connectivity index (χ1) is 6.36. The molecule has 1 aliphatic heterocycles. The standard InChI is InChI=1S/C10H12N2O/c13-10-6-7-12(8-11-10)9-4-2-1-3-5-9/h1-5H,6-8H2,(H,11,13). The van der Waals surface area contributed by atoms with Crippen LogP contribution < -0.4 is 10.2 Å². The van der Waals surface area contributed by atoms with Gasteiger partial charge in [-0.3, -0.25) is 4.79 Å². The molecule has 0 atom stereocenters. The van der Waals surface area contributed by atoms with Crippen molar-refractivity contribution in [3.8, 4) is 0 Å². The molecular weight excluding hydrogens is 164 g/mol. The second-order valence-electron chi connectivity index (χ2n) is 3.11. The summed E-state index contributed by atoms with van der Waals surface area (Å²) in [6, 6.07) is 10.1. The predicted octanol–water partition coefficient (Wildman–Crippen LogP) is 0.970. The lowest BCUT2D eigenvalue weighted by molar-refractivity contribution is -0.121. The Balaban J connectivity index is 2.07. The number of benzene rings is 1. The highest BCUT2D eigenvalue weighted by molar-refractivity contribution is 5.78. The van der Waals surface area contributed by atoms with Gasteiger partial charge in [0.1, 0.15) is 0 Å². The van der Waals surface area contributed by atoms with Crippen LogP contribution in [0.5, 0.6) is 0 Å². The summed E-state index contributed by atoms with van der Waals surface area (Å²) in [7, 11) is 0. The zero-order valence-electron chi connectivity index (χ0n) is 7.36. The van der Waals surface area contributed by atoms with Gasteiger partial charge in [0.2, 0.25) is 5.91 Å². The first-order valence-corrected chi connectivity index (χ1v) is 4.43. The van der Waals surface area contributed by atoms with Crippen LogP contribution in [0.1, 0.15) is 6.42 Å². The second-order valence-corrected chi connectivity index (χ2v) is 3.11. The molecule has 3 heteroatoms. The lowest BCUT2D eigenvalue weighted by Gasteiger charge is -2.28. The lowest BCUT2D eigenvalue weighted by atomic mass is 10.2. The number of anilines is 1. The van der Waals surface area contributed by atoms with Gasteiger partial charge in [-0.2, -0.15) is 0 Å². The Hall–Kier alpha value is -1.51. The van der Waals surface area contributed by atoms with Crippen LogP contribution in [0.2, 0.25) is 0 Å². The van der Waals surface area contributed by atoms with Crippen molar-refractivity contribution in [3.05, 3.63) is 30.3 Å². The maximum atomic E-state index is 10.9. The molecule has 0 saturated carbocycles. The smallest absolute Gasteiger partial charge is 0.223 e. The first-order valence-electron chi connectivity index (χ1n) is 4.43. The molecule has 0 bridgehead atoms. The maximum absolute atomic E-state index is 10.9. The Kier molecular flexibility index (Phi) is 2.17. The quantitative estimate of drug-likeness (QED) is 0.691. The Morgan fingerprint density at radius 2 is 2.00 bits per heavy atom. The molecule has 0 aliphatic carbocycles. The van der Waals surface area contributed by atoms with Crippen LogP contribution in [0, 0.1) is 0 Å². The van der Waals surface area contributed by atoms with Gasteiger partial charge in [-0.25, -0.2) is 0 Å². The number of amides is 1. The number of rotatable bonds is 1. The zero-order valence-corrected chi connectivity index (χ0v) is 7.36. The van der Waals surface area contributed by atoms with E-state index in [1.54, 1.807) is 0 Å². The van der Waals surface area contributed by atoms with Crippen molar-refractivity contribution in [2.24, 2.45) is 0 Å². The predicted molar refractivity (Wildman–Crippen MR) is 51.4 cm³/mol. The average molecular weight is 176 g/mol. The van der Waals surface area contributed by atoms with Crippen LogP contribution in [0.4, 0.5) is 5.69 Å². The van der Waals surface area contributed by atoms with E-state index in [0.717, 1.165) is 6.54 Å². The van der Waals surface area contributed by atoms with Crippen LogP contribution in [0.15, 0.2) is 30.3 Å². The molecule has 1 amide bonds. The van der Waals surface area contributed by atoms with E-state index >= 15 is 0 Å². The molecule has 1 fully saturated rings. The Bertz CT molecular complexity index is 287. The summed E-state index contributed by atoms with van der Waals surface area (Å²) in [6.07, 6.45) is 0.592. The van der Waals surface area contributed by atoms with Crippen molar-refractivity contribution in [2.45, 2.75) is 6.42 Å². The molecule has 0 unspecified atom stereocenters. The van der Waals surface area contributed by atoms with Crippen molar-refractivity contribution in [3.63, 3.8) is 0 Å². The van der Waals surface area contributed by atoms with E-state index in [0.29, 0.717) is 13.1 Å². The Morgan fingerprint density at radius 3 is 2.62 bits per heavy atom. The van der Waals surface area contributed by atoms with E-state index in [2.05, 4.69) is 22.3 Å². The van der Waals surface area contributed by atoms with Crippen LogP contribution in [0.25, 0.3) is 0 Å². The van der Waals surface area contributed by atoms with E-state index in [-0.39, 0.29) is 5.91 Å². The molecule has 1 aromatic carbocycles. The first kappa shape index (κ1) is 8.10. The minimum atomic E-state index is 0.146. The van der Waals surface area contributed by atoms with Gasteiger partial charge < -0.3 is 10.2 Å². The highest BCUT2D eigenvalue weighted by Gasteiger charge is 2.14. The fraction of sp³-hybridized carbons (Fsp3) is 0.300. The third kappa shape index (κ3) is 1.80.